The molecule has 164 valence electrons. The molecule has 1 atom stereocenters. The van der Waals surface area contributed by atoms with E-state index in [0.717, 1.165) is 21.4 Å². The SMILES string of the molecule is Cc1ccc(OCn2ccc(C(=O)N3CCn4c(nnc4C(F)(F)F)C3C)n2)c(C)c1. The number of carbonyl (C=O) groups excluding carboxylic acids is 1. The molecule has 0 saturated carbocycles. The quantitative estimate of drug-likeness (QED) is 0.629. The van der Waals surface area contributed by atoms with Crippen molar-refractivity contribution < 1.29 is 22.7 Å². The van der Waals surface area contributed by atoms with E-state index in [1.54, 1.807) is 19.2 Å². The van der Waals surface area contributed by atoms with Gasteiger partial charge >= 0.3 is 6.18 Å². The lowest BCUT2D eigenvalue weighted by Gasteiger charge is -2.33. The summed E-state index contributed by atoms with van der Waals surface area (Å²) in [4.78, 5) is 14.4. The predicted molar refractivity (Wildman–Crippen MR) is 103 cm³/mol. The lowest BCUT2D eigenvalue weighted by Crippen LogP contribution is -2.42. The van der Waals surface area contributed by atoms with Gasteiger partial charge in [0.25, 0.3) is 5.91 Å². The lowest BCUT2D eigenvalue weighted by molar-refractivity contribution is -0.148. The molecule has 2 aromatic heterocycles. The van der Waals surface area contributed by atoms with Gasteiger partial charge < -0.3 is 14.2 Å². The van der Waals surface area contributed by atoms with Crippen LogP contribution in [0.3, 0.4) is 0 Å². The summed E-state index contributed by atoms with van der Waals surface area (Å²) in [6, 6.07) is 6.72. The highest BCUT2D eigenvalue weighted by Crippen LogP contribution is 2.33. The zero-order chi connectivity index (χ0) is 22.3. The van der Waals surface area contributed by atoms with Gasteiger partial charge in [0.1, 0.15) is 5.75 Å². The number of aromatic nitrogens is 5. The van der Waals surface area contributed by atoms with Crippen LogP contribution in [-0.2, 0) is 19.5 Å². The summed E-state index contributed by atoms with van der Waals surface area (Å²) in [5.74, 6) is -0.613. The van der Waals surface area contributed by atoms with Gasteiger partial charge in [-0.1, -0.05) is 17.7 Å². The smallest absolute Gasteiger partial charge is 0.451 e. The highest BCUT2D eigenvalue weighted by molar-refractivity contribution is 5.92. The molecule has 1 aromatic carbocycles. The predicted octanol–water partition coefficient (Wildman–Crippen LogP) is 3.36. The molecule has 3 aromatic rings. The lowest BCUT2D eigenvalue weighted by atomic mass is 10.1. The molecule has 0 aliphatic carbocycles. The molecule has 0 fully saturated rings. The number of fused-ring (bicyclic) bond motifs is 1. The van der Waals surface area contributed by atoms with Crippen LogP contribution in [0.25, 0.3) is 0 Å². The van der Waals surface area contributed by atoms with E-state index in [0.29, 0.717) is 0 Å². The Balaban J connectivity index is 1.46. The van der Waals surface area contributed by atoms with Crippen LogP contribution >= 0.6 is 0 Å². The highest BCUT2D eigenvalue weighted by Gasteiger charge is 2.42. The van der Waals surface area contributed by atoms with Crippen molar-refractivity contribution in [1.29, 1.82) is 0 Å². The molecule has 0 spiro atoms. The molecule has 1 aliphatic rings. The maximum absolute atomic E-state index is 13.1. The van der Waals surface area contributed by atoms with Crippen molar-refractivity contribution >= 4 is 5.91 Å². The van der Waals surface area contributed by atoms with Crippen LogP contribution in [-0.4, -0.2) is 41.9 Å². The number of hydrogen-bond acceptors (Lipinski definition) is 5. The van der Waals surface area contributed by atoms with Crippen molar-refractivity contribution in [2.45, 2.75) is 46.3 Å². The molecule has 4 rings (SSSR count). The van der Waals surface area contributed by atoms with Gasteiger partial charge in [-0.25, -0.2) is 4.68 Å². The zero-order valence-electron chi connectivity index (χ0n) is 17.2. The Labute approximate surface area is 176 Å². The van der Waals surface area contributed by atoms with Gasteiger partial charge in [0.2, 0.25) is 5.82 Å². The van der Waals surface area contributed by atoms with Gasteiger partial charge in [-0.05, 0) is 38.5 Å². The van der Waals surface area contributed by atoms with Crippen molar-refractivity contribution in [3.05, 3.63) is 58.9 Å². The average molecular weight is 434 g/mol. The summed E-state index contributed by atoms with van der Waals surface area (Å²) in [5.41, 5.74) is 2.30. The fraction of sp³-hybridized carbons (Fsp3) is 0.400. The van der Waals surface area contributed by atoms with Crippen LogP contribution < -0.4 is 4.74 Å². The first-order valence-corrected chi connectivity index (χ1v) is 9.70. The minimum atomic E-state index is -4.59. The molecule has 0 saturated heterocycles. The Bertz CT molecular complexity index is 1120. The molecule has 8 nitrogen and oxygen atoms in total. The largest absolute Gasteiger partial charge is 0.471 e. The van der Waals surface area contributed by atoms with Gasteiger partial charge in [0.05, 0.1) is 6.04 Å². The minimum Gasteiger partial charge on any atom is -0.471 e. The molecule has 1 amide bonds. The van der Waals surface area contributed by atoms with Crippen LogP contribution in [0.1, 0.15) is 46.2 Å². The average Bonchev–Trinajstić information content (AvgIpc) is 3.34. The minimum absolute atomic E-state index is 0.0379. The molecule has 1 unspecified atom stereocenters. The first-order valence-electron chi connectivity index (χ1n) is 9.70. The molecule has 1 aliphatic heterocycles. The maximum Gasteiger partial charge on any atom is 0.451 e. The van der Waals surface area contributed by atoms with E-state index in [2.05, 4.69) is 15.3 Å². The van der Waals surface area contributed by atoms with E-state index in [-0.39, 0.29) is 37.2 Å². The number of nitrogens with zero attached hydrogens (tertiary/aromatic N) is 6. The second-order valence-corrected chi connectivity index (χ2v) is 7.49. The van der Waals surface area contributed by atoms with E-state index < -0.39 is 18.0 Å². The third-order valence-corrected chi connectivity index (χ3v) is 5.24. The van der Waals surface area contributed by atoms with E-state index in [1.165, 1.54) is 9.58 Å². The Kier molecular flexibility index (Phi) is 5.19. The van der Waals surface area contributed by atoms with Crippen LogP contribution in [0.2, 0.25) is 0 Å². The van der Waals surface area contributed by atoms with Gasteiger partial charge in [-0.2, -0.15) is 18.3 Å². The monoisotopic (exact) mass is 434 g/mol. The van der Waals surface area contributed by atoms with Crippen molar-refractivity contribution in [2.75, 3.05) is 6.54 Å². The summed E-state index contributed by atoms with van der Waals surface area (Å²) < 4.78 is 47.5. The van der Waals surface area contributed by atoms with Gasteiger partial charge in [0, 0.05) is 19.3 Å². The van der Waals surface area contributed by atoms with E-state index in [1.807, 2.05) is 32.0 Å². The van der Waals surface area contributed by atoms with Crippen LogP contribution in [0.4, 0.5) is 13.2 Å². The Morgan fingerprint density at radius 2 is 1.97 bits per heavy atom. The topological polar surface area (TPSA) is 78.1 Å². The number of ether oxygens (including phenoxy) is 1. The molecular formula is C20H21F3N6O2. The summed E-state index contributed by atoms with van der Waals surface area (Å²) in [7, 11) is 0. The number of alkyl halides is 3. The molecule has 3 heterocycles. The van der Waals surface area contributed by atoms with Crippen LogP contribution in [0, 0.1) is 13.8 Å². The van der Waals surface area contributed by atoms with Crippen molar-refractivity contribution in [3.63, 3.8) is 0 Å². The molecular weight excluding hydrogens is 413 g/mol. The zero-order valence-corrected chi connectivity index (χ0v) is 17.2. The molecule has 31 heavy (non-hydrogen) atoms. The fourth-order valence-corrected chi connectivity index (χ4v) is 3.66. The third kappa shape index (κ3) is 3.99. The molecule has 0 N–H and O–H groups in total. The van der Waals surface area contributed by atoms with E-state index in [9.17, 15) is 18.0 Å². The second-order valence-electron chi connectivity index (χ2n) is 7.49. The number of aryl methyl sites for hydroxylation is 2. The van der Waals surface area contributed by atoms with Gasteiger partial charge in [-0.15, -0.1) is 10.2 Å². The second kappa shape index (κ2) is 7.71. The molecule has 11 heteroatoms. The number of amides is 1. The summed E-state index contributed by atoms with van der Waals surface area (Å²) >= 11 is 0. The first-order chi connectivity index (χ1) is 14.6. The highest BCUT2D eigenvalue weighted by atomic mass is 19.4. The normalized spacial score (nSPS) is 16.3. The number of benzene rings is 1. The Morgan fingerprint density at radius 1 is 1.19 bits per heavy atom. The van der Waals surface area contributed by atoms with E-state index in [4.69, 9.17) is 4.74 Å². The fourth-order valence-electron chi connectivity index (χ4n) is 3.66. The van der Waals surface area contributed by atoms with Crippen molar-refractivity contribution in [1.82, 2.24) is 29.4 Å². The summed E-state index contributed by atoms with van der Waals surface area (Å²) in [6.45, 7) is 5.75. The standard InChI is InChI=1S/C20H21F3N6O2/c1-12-4-5-16(13(2)10-12)31-11-27-7-6-15(26-27)18(30)28-8-9-29-17(14(28)3)24-25-19(29)20(21,22)23/h4-7,10,14H,8-9,11H2,1-3H3. The Hall–Kier alpha value is -3.37. The van der Waals surface area contributed by atoms with Gasteiger partial charge in [-0.3, -0.25) is 4.79 Å². The van der Waals surface area contributed by atoms with Crippen LogP contribution in [0.15, 0.2) is 30.5 Å². The summed E-state index contributed by atoms with van der Waals surface area (Å²) in [5, 5.41) is 11.2. The summed E-state index contributed by atoms with van der Waals surface area (Å²) in [6.07, 6.45) is -2.97. The number of hydrogen-bond donors (Lipinski definition) is 0. The van der Waals surface area contributed by atoms with Crippen molar-refractivity contribution in [2.24, 2.45) is 0 Å². The number of halogens is 3. The van der Waals surface area contributed by atoms with Crippen LogP contribution in [0.5, 0.6) is 5.75 Å². The molecule has 0 radical (unpaired) electrons. The number of rotatable bonds is 4. The first kappa shape index (κ1) is 20.9. The maximum atomic E-state index is 13.1. The van der Waals surface area contributed by atoms with Gasteiger partial charge in [0.15, 0.2) is 18.2 Å². The Morgan fingerprint density at radius 3 is 2.68 bits per heavy atom. The third-order valence-electron chi connectivity index (χ3n) is 5.24. The van der Waals surface area contributed by atoms with E-state index >= 15 is 0 Å². The molecule has 0 bridgehead atoms. The number of carbonyl (C=O) groups is 1. The van der Waals surface area contributed by atoms with Crippen molar-refractivity contribution in [3.8, 4) is 5.75 Å².